The zero-order chi connectivity index (χ0) is 10.2. The van der Waals surface area contributed by atoms with Gasteiger partial charge in [-0.2, -0.15) is 0 Å². The van der Waals surface area contributed by atoms with Crippen molar-refractivity contribution in [3.05, 3.63) is 17.8 Å². The van der Waals surface area contributed by atoms with Crippen LogP contribution < -0.4 is 5.73 Å². The molecule has 1 aliphatic rings. The molecule has 0 spiro atoms. The van der Waals surface area contributed by atoms with E-state index in [1.807, 2.05) is 0 Å². The summed E-state index contributed by atoms with van der Waals surface area (Å²) in [5.74, 6) is 0.643. The van der Waals surface area contributed by atoms with E-state index in [1.165, 1.54) is 6.26 Å². The predicted octanol–water partition coefficient (Wildman–Crippen LogP) is 0.383. The van der Waals surface area contributed by atoms with Crippen LogP contribution in [0.1, 0.15) is 29.7 Å². The van der Waals surface area contributed by atoms with Gasteiger partial charge in [0.25, 0.3) is 0 Å². The summed E-state index contributed by atoms with van der Waals surface area (Å²) in [6.45, 7) is 0.201. The number of sulfone groups is 1. The van der Waals surface area contributed by atoms with Crippen LogP contribution in [0.4, 0.5) is 0 Å². The second-order valence-electron chi connectivity index (χ2n) is 3.37. The lowest BCUT2D eigenvalue weighted by Gasteiger charge is -2.03. The lowest BCUT2D eigenvalue weighted by Crippen LogP contribution is -2.08. The molecule has 0 aromatic carbocycles. The van der Waals surface area contributed by atoms with E-state index >= 15 is 0 Å². The summed E-state index contributed by atoms with van der Waals surface area (Å²) < 4.78 is 28.1. The molecule has 2 heterocycles. The molecule has 0 aliphatic carbocycles. The molecular weight excluding hydrogens is 204 g/mol. The molecule has 2 N–H and O–H groups in total. The van der Waals surface area contributed by atoms with E-state index in [4.69, 9.17) is 10.2 Å². The highest BCUT2D eigenvalue weighted by molar-refractivity contribution is 7.91. The quantitative estimate of drug-likeness (QED) is 0.772. The van der Waals surface area contributed by atoms with Gasteiger partial charge in [-0.3, -0.25) is 0 Å². The molecule has 78 valence electrons. The van der Waals surface area contributed by atoms with Crippen LogP contribution in [0.3, 0.4) is 0 Å². The van der Waals surface area contributed by atoms with Gasteiger partial charge >= 0.3 is 0 Å². The largest absolute Gasteiger partial charge is 0.447 e. The Morgan fingerprint density at radius 1 is 1.64 bits per heavy atom. The first-order valence-electron chi connectivity index (χ1n) is 4.49. The van der Waals surface area contributed by atoms with Crippen molar-refractivity contribution >= 4 is 9.84 Å². The Morgan fingerprint density at radius 3 is 2.93 bits per heavy atom. The van der Waals surface area contributed by atoms with Crippen LogP contribution in [0, 0.1) is 0 Å². The number of nitrogens with two attached hydrogens (primary N) is 1. The summed E-state index contributed by atoms with van der Waals surface area (Å²) >= 11 is 0. The average molecular weight is 216 g/mol. The first kappa shape index (κ1) is 9.67. The molecular formula is C8H12N2O3S. The predicted molar refractivity (Wildman–Crippen MR) is 50.2 cm³/mol. The minimum atomic E-state index is -3.00. The van der Waals surface area contributed by atoms with Gasteiger partial charge in [-0.15, -0.1) is 0 Å². The highest BCUT2D eigenvalue weighted by atomic mass is 32.2. The third-order valence-corrected chi connectivity index (χ3v) is 4.60. The molecule has 1 fully saturated rings. The zero-order valence-electron chi connectivity index (χ0n) is 7.64. The van der Waals surface area contributed by atoms with Crippen molar-refractivity contribution in [3.8, 4) is 0 Å². The molecule has 6 heteroatoms. The van der Waals surface area contributed by atoms with Gasteiger partial charge in [-0.1, -0.05) is 0 Å². The Morgan fingerprint density at radius 2 is 2.43 bits per heavy atom. The number of hydrogen-bond acceptors (Lipinski definition) is 5. The first-order valence-corrected chi connectivity index (χ1v) is 6.21. The summed E-state index contributed by atoms with van der Waals surface area (Å²) in [5.41, 5.74) is 5.83. The fourth-order valence-corrected chi connectivity index (χ4v) is 3.55. The van der Waals surface area contributed by atoms with Crippen molar-refractivity contribution in [2.24, 2.45) is 5.73 Å². The van der Waals surface area contributed by atoms with E-state index in [2.05, 4.69) is 4.98 Å². The summed E-state index contributed by atoms with van der Waals surface area (Å²) in [7, 11) is -3.00. The number of rotatable bonds is 2. The van der Waals surface area contributed by atoms with E-state index in [0.717, 1.165) is 0 Å². The normalized spacial score (nSPS) is 25.4. The summed E-state index contributed by atoms with van der Waals surface area (Å²) in [4.78, 5) is 4.04. The molecule has 1 aromatic rings. The van der Waals surface area contributed by atoms with Crippen LogP contribution in [-0.2, 0) is 16.4 Å². The summed E-state index contributed by atoms with van der Waals surface area (Å²) in [6, 6.07) is 0. The summed E-state index contributed by atoms with van der Waals surface area (Å²) in [5, 5.41) is -0.480. The van der Waals surface area contributed by atoms with Crippen molar-refractivity contribution in [1.82, 2.24) is 4.98 Å². The molecule has 2 rings (SSSR count). The average Bonchev–Trinajstić information content (AvgIpc) is 2.70. The second kappa shape index (κ2) is 3.36. The van der Waals surface area contributed by atoms with Crippen molar-refractivity contribution < 1.29 is 12.8 Å². The van der Waals surface area contributed by atoms with Gasteiger partial charge in [0, 0.05) is 0 Å². The fraction of sp³-hybridized carbons (Fsp3) is 0.625. The molecule has 0 radical (unpaired) electrons. The Labute approximate surface area is 82.2 Å². The van der Waals surface area contributed by atoms with E-state index in [1.54, 1.807) is 0 Å². The monoisotopic (exact) mass is 216 g/mol. The van der Waals surface area contributed by atoms with Crippen LogP contribution in [0.2, 0.25) is 0 Å². The molecule has 0 bridgehead atoms. The highest BCUT2D eigenvalue weighted by Crippen LogP contribution is 2.33. The highest BCUT2D eigenvalue weighted by Gasteiger charge is 2.34. The van der Waals surface area contributed by atoms with Gasteiger partial charge in [0.15, 0.2) is 9.84 Å². The SMILES string of the molecule is NCc1nc(C2CCCS2(=O)=O)co1. The van der Waals surface area contributed by atoms with Crippen molar-refractivity contribution in [3.63, 3.8) is 0 Å². The van der Waals surface area contributed by atoms with Gasteiger partial charge in [-0.05, 0) is 12.8 Å². The lowest BCUT2D eigenvalue weighted by atomic mass is 10.2. The van der Waals surface area contributed by atoms with Crippen molar-refractivity contribution in [2.45, 2.75) is 24.6 Å². The van der Waals surface area contributed by atoms with Crippen LogP contribution in [-0.4, -0.2) is 19.2 Å². The molecule has 1 aliphatic heterocycles. The molecule has 0 saturated carbocycles. The molecule has 1 aromatic heterocycles. The molecule has 5 nitrogen and oxygen atoms in total. The molecule has 0 amide bonds. The maximum absolute atomic E-state index is 11.5. The van der Waals surface area contributed by atoms with Gasteiger partial charge < -0.3 is 10.2 Å². The maximum atomic E-state index is 11.5. The van der Waals surface area contributed by atoms with Gasteiger partial charge in [0.1, 0.15) is 11.5 Å². The van der Waals surface area contributed by atoms with Gasteiger partial charge in [-0.25, -0.2) is 13.4 Å². The van der Waals surface area contributed by atoms with Crippen molar-refractivity contribution in [2.75, 3.05) is 5.75 Å². The van der Waals surface area contributed by atoms with Gasteiger partial charge in [0.05, 0.1) is 18.0 Å². The topological polar surface area (TPSA) is 86.2 Å². The standard InChI is InChI=1S/C8H12N2O3S/c9-4-8-10-6(5-13-8)7-2-1-3-14(7,11)12/h5,7H,1-4,9H2. The minimum Gasteiger partial charge on any atom is -0.447 e. The Hall–Kier alpha value is -0.880. The van der Waals surface area contributed by atoms with Crippen LogP contribution in [0.5, 0.6) is 0 Å². The molecule has 14 heavy (non-hydrogen) atoms. The van der Waals surface area contributed by atoms with Gasteiger partial charge in [0.2, 0.25) is 5.89 Å². The Kier molecular flexibility index (Phi) is 2.32. The van der Waals surface area contributed by atoms with E-state index in [-0.39, 0.29) is 12.3 Å². The number of nitrogens with zero attached hydrogens (tertiary/aromatic N) is 1. The summed E-state index contributed by atoms with van der Waals surface area (Å²) in [6.07, 6.45) is 2.74. The van der Waals surface area contributed by atoms with Crippen molar-refractivity contribution in [1.29, 1.82) is 0 Å². The lowest BCUT2D eigenvalue weighted by molar-refractivity contribution is 0.497. The van der Waals surface area contributed by atoms with Crippen LogP contribution in [0.25, 0.3) is 0 Å². The maximum Gasteiger partial charge on any atom is 0.207 e. The molecule has 1 saturated heterocycles. The first-order chi connectivity index (χ1) is 6.63. The van der Waals surface area contributed by atoms with E-state index in [9.17, 15) is 8.42 Å². The number of oxazole rings is 1. The van der Waals surface area contributed by atoms with E-state index in [0.29, 0.717) is 24.4 Å². The smallest absolute Gasteiger partial charge is 0.207 e. The number of aromatic nitrogens is 1. The number of hydrogen-bond donors (Lipinski definition) is 1. The zero-order valence-corrected chi connectivity index (χ0v) is 8.46. The van der Waals surface area contributed by atoms with Crippen LogP contribution in [0.15, 0.2) is 10.7 Å². The van der Waals surface area contributed by atoms with E-state index < -0.39 is 15.1 Å². The molecule has 1 atom stereocenters. The fourth-order valence-electron chi connectivity index (χ4n) is 1.69. The minimum absolute atomic E-state index is 0.201. The second-order valence-corrected chi connectivity index (χ2v) is 5.67. The third-order valence-electron chi connectivity index (χ3n) is 2.40. The van der Waals surface area contributed by atoms with Crippen LogP contribution >= 0.6 is 0 Å². The molecule has 1 unspecified atom stereocenters. The third kappa shape index (κ3) is 1.55. The Bertz CT molecular complexity index is 424. The Balaban J connectivity index is 2.31.